The summed E-state index contributed by atoms with van der Waals surface area (Å²) in [5.41, 5.74) is 0. The number of imidazole rings is 1. The second-order valence-electron chi connectivity index (χ2n) is 4.20. The molecule has 0 aliphatic heterocycles. The molecule has 0 bridgehead atoms. The minimum absolute atomic E-state index is 0.0727. The summed E-state index contributed by atoms with van der Waals surface area (Å²) in [6.45, 7) is 3.37. The Labute approximate surface area is 102 Å². The Bertz CT molecular complexity index is 360. The van der Waals surface area contributed by atoms with Gasteiger partial charge in [-0.15, -0.1) is 0 Å². The Morgan fingerprint density at radius 2 is 2.24 bits per heavy atom. The molecule has 17 heavy (non-hydrogen) atoms. The van der Waals surface area contributed by atoms with Crippen LogP contribution in [0.4, 0.5) is 4.79 Å². The molecule has 0 saturated carbocycles. The molecule has 1 aromatic heterocycles. The third kappa shape index (κ3) is 4.07. The maximum Gasteiger partial charge on any atom is 0.316 e. The number of carbonyl (C=O) groups excluding carboxylic acids is 1. The van der Waals surface area contributed by atoms with Gasteiger partial charge < -0.3 is 20.1 Å². The number of carbonyl (C=O) groups is 1. The van der Waals surface area contributed by atoms with Crippen LogP contribution >= 0.6 is 0 Å². The van der Waals surface area contributed by atoms with E-state index in [0.29, 0.717) is 13.1 Å². The lowest BCUT2D eigenvalue weighted by Crippen LogP contribution is -2.39. The van der Waals surface area contributed by atoms with Gasteiger partial charge in [-0.25, -0.2) is 9.78 Å². The zero-order valence-corrected chi connectivity index (χ0v) is 10.9. The summed E-state index contributed by atoms with van der Waals surface area (Å²) in [6, 6.07) is 0.0997. The zero-order chi connectivity index (χ0) is 12.8. The first kappa shape index (κ1) is 13.5. The average Bonchev–Trinajstić information content (AvgIpc) is 2.70. The SMILES string of the molecule is CC(NCCNC(=O)N(C)C)c1nccn1C. The van der Waals surface area contributed by atoms with Gasteiger partial charge in [0.1, 0.15) is 5.82 Å². The van der Waals surface area contributed by atoms with Gasteiger partial charge in [-0.05, 0) is 6.92 Å². The number of urea groups is 1. The van der Waals surface area contributed by atoms with E-state index in [4.69, 9.17) is 0 Å². The Balaban J connectivity index is 2.24. The van der Waals surface area contributed by atoms with Crippen LogP contribution in [0.5, 0.6) is 0 Å². The van der Waals surface area contributed by atoms with E-state index < -0.39 is 0 Å². The maximum atomic E-state index is 11.2. The largest absolute Gasteiger partial charge is 0.337 e. The van der Waals surface area contributed by atoms with Gasteiger partial charge in [0.2, 0.25) is 0 Å². The fraction of sp³-hybridized carbons (Fsp3) is 0.636. The number of hydrogen-bond acceptors (Lipinski definition) is 3. The van der Waals surface area contributed by atoms with Gasteiger partial charge in [0, 0.05) is 46.6 Å². The molecule has 0 aliphatic rings. The lowest BCUT2D eigenvalue weighted by Gasteiger charge is -2.15. The fourth-order valence-electron chi connectivity index (χ4n) is 1.50. The molecule has 0 spiro atoms. The first-order valence-corrected chi connectivity index (χ1v) is 5.68. The lowest BCUT2D eigenvalue weighted by atomic mass is 10.3. The number of nitrogens with zero attached hydrogens (tertiary/aromatic N) is 3. The summed E-state index contributed by atoms with van der Waals surface area (Å²) in [4.78, 5) is 17.0. The molecular formula is C11H21N5O. The van der Waals surface area contributed by atoms with Crippen LogP contribution in [0.1, 0.15) is 18.8 Å². The third-order valence-electron chi connectivity index (χ3n) is 2.50. The third-order valence-corrected chi connectivity index (χ3v) is 2.50. The summed E-state index contributed by atoms with van der Waals surface area (Å²) >= 11 is 0. The van der Waals surface area contributed by atoms with Crippen molar-refractivity contribution >= 4 is 6.03 Å². The number of aromatic nitrogens is 2. The van der Waals surface area contributed by atoms with Crippen LogP contribution in [-0.4, -0.2) is 47.7 Å². The Kier molecular flexibility index (Phi) is 4.96. The molecule has 1 rings (SSSR count). The van der Waals surface area contributed by atoms with Crippen molar-refractivity contribution in [2.24, 2.45) is 7.05 Å². The molecule has 96 valence electrons. The number of hydrogen-bond donors (Lipinski definition) is 2. The van der Waals surface area contributed by atoms with Crippen molar-refractivity contribution in [2.75, 3.05) is 27.2 Å². The molecule has 2 amide bonds. The molecule has 1 unspecified atom stereocenters. The molecule has 0 radical (unpaired) electrons. The molecule has 0 fully saturated rings. The molecule has 1 heterocycles. The van der Waals surface area contributed by atoms with E-state index in [9.17, 15) is 4.79 Å². The highest BCUT2D eigenvalue weighted by atomic mass is 16.2. The minimum Gasteiger partial charge on any atom is -0.337 e. The highest BCUT2D eigenvalue weighted by Crippen LogP contribution is 2.07. The van der Waals surface area contributed by atoms with Crippen LogP contribution in [0.15, 0.2) is 12.4 Å². The average molecular weight is 239 g/mol. The van der Waals surface area contributed by atoms with E-state index in [0.717, 1.165) is 5.82 Å². The molecule has 1 aromatic rings. The summed E-state index contributed by atoms with van der Waals surface area (Å²) in [6.07, 6.45) is 3.70. The molecule has 0 saturated heterocycles. The van der Waals surface area contributed by atoms with Crippen LogP contribution in [0, 0.1) is 0 Å². The van der Waals surface area contributed by atoms with Crippen molar-refractivity contribution in [3.8, 4) is 0 Å². The molecule has 0 aliphatic carbocycles. The summed E-state index contributed by atoms with van der Waals surface area (Å²) < 4.78 is 1.98. The van der Waals surface area contributed by atoms with Crippen molar-refractivity contribution in [2.45, 2.75) is 13.0 Å². The van der Waals surface area contributed by atoms with E-state index in [1.807, 2.05) is 17.8 Å². The summed E-state index contributed by atoms with van der Waals surface area (Å²) in [5.74, 6) is 0.990. The Morgan fingerprint density at radius 3 is 2.76 bits per heavy atom. The van der Waals surface area contributed by atoms with E-state index in [-0.39, 0.29) is 12.1 Å². The van der Waals surface area contributed by atoms with E-state index in [1.54, 1.807) is 20.3 Å². The highest BCUT2D eigenvalue weighted by Gasteiger charge is 2.09. The maximum absolute atomic E-state index is 11.2. The molecule has 0 aromatic carbocycles. The quantitative estimate of drug-likeness (QED) is 0.728. The monoisotopic (exact) mass is 239 g/mol. The fourth-order valence-corrected chi connectivity index (χ4v) is 1.50. The van der Waals surface area contributed by atoms with E-state index in [1.165, 1.54) is 4.90 Å². The highest BCUT2D eigenvalue weighted by molar-refractivity contribution is 5.73. The van der Waals surface area contributed by atoms with Gasteiger partial charge in [0.25, 0.3) is 0 Å². The normalized spacial score (nSPS) is 12.2. The lowest BCUT2D eigenvalue weighted by molar-refractivity contribution is 0.217. The standard InChI is InChI=1S/C11H21N5O/c1-9(10-13-7-8-16(10)4)12-5-6-14-11(17)15(2)3/h7-9,12H,5-6H2,1-4H3,(H,14,17). The number of aryl methyl sites for hydroxylation is 1. The first-order valence-electron chi connectivity index (χ1n) is 5.68. The van der Waals surface area contributed by atoms with Crippen LogP contribution in [0.2, 0.25) is 0 Å². The van der Waals surface area contributed by atoms with Crippen molar-refractivity contribution < 1.29 is 4.79 Å². The zero-order valence-electron chi connectivity index (χ0n) is 10.9. The Morgan fingerprint density at radius 1 is 1.53 bits per heavy atom. The smallest absolute Gasteiger partial charge is 0.316 e. The van der Waals surface area contributed by atoms with Crippen LogP contribution in [0.25, 0.3) is 0 Å². The Hall–Kier alpha value is -1.56. The first-order chi connectivity index (χ1) is 8.02. The summed E-state index contributed by atoms with van der Waals surface area (Å²) in [5, 5.41) is 6.10. The van der Waals surface area contributed by atoms with Crippen molar-refractivity contribution in [1.82, 2.24) is 25.1 Å². The van der Waals surface area contributed by atoms with Crippen molar-refractivity contribution in [3.05, 3.63) is 18.2 Å². The molecule has 1 atom stereocenters. The topological polar surface area (TPSA) is 62.2 Å². The van der Waals surface area contributed by atoms with Gasteiger partial charge >= 0.3 is 6.03 Å². The van der Waals surface area contributed by atoms with E-state index >= 15 is 0 Å². The predicted octanol–water partition coefficient (Wildman–Crippen LogP) is 0.342. The second-order valence-corrected chi connectivity index (χ2v) is 4.20. The van der Waals surface area contributed by atoms with Crippen LogP contribution in [0.3, 0.4) is 0 Å². The van der Waals surface area contributed by atoms with Crippen molar-refractivity contribution in [3.63, 3.8) is 0 Å². The van der Waals surface area contributed by atoms with Crippen molar-refractivity contribution in [1.29, 1.82) is 0 Å². The predicted molar refractivity (Wildman–Crippen MR) is 66.7 cm³/mol. The van der Waals surface area contributed by atoms with Gasteiger partial charge in [0.05, 0.1) is 6.04 Å². The summed E-state index contributed by atoms with van der Waals surface area (Å²) in [7, 11) is 5.41. The van der Waals surface area contributed by atoms with Gasteiger partial charge in [-0.2, -0.15) is 0 Å². The molecule has 6 heteroatoms. The van der Waals surface area contributed by atoms with Gasteiger partial charge in [-0.3, -0.25) is 0 Å². The van der Waals surface area contributed by atoms with Gasteiger partial charge in [0.15, 0.2) is 0 Å². The number of rotatable bonds is 5. The number of amides is 2. The minimum atomic E-state index is -0.0727. The van der Waals surface area contributed by atoms with Crippen LogP contribution in [-0.2, 0) is 7.05 Å². The second kappa shape index (κ2) is 6.24. The molecular weight excluding hydrogens is 218 g/mol. The molecule has 6 nitrogen and oxygen atoms in total. The molecule has 2 N–H and O–H groups in total. The van der Waals surface area contributed by atoms with Gasteiger partial charge in [-0.1, -0.05) is 0 Å². The van der Waals surface area contributed by atoms with Crippen LogP contribution < -0.4 is 10.6 Å². The van der Waals surface area contributed by atoms with E-state index in [2.05, 4.69) is 22.5 Å². The number of nitrogens with one attached hydrogen (secondary N) is 2.